The van der Waals surface area contributed by atoms with Crippen LogP contribution in [0.1, 0.15) is 18.4 Å². The molecule has 1 aliphatic heterocycles. The van der Waals surface area contributed by atoms with Gasteiger partial charge in [-0.2, -0.15) is 10.2 Å². The molecule has 1 aliphatic rings. The van der Waals surface area contributed by atoms with Crippen molar-refractivity contribution in [3.63, 3.8) is 0 Å². The van der Waals surface area contributed by atoms with Gasteiger partial charge in [0.1, 0.15) is 0 Å². The Labute approximate surface area is 95.0 Å². The lowest BCUT2D eigenvalue weighted by Crippen LogP contribution is -2.16. The summed E-state index contributed by atoms with van der Waals surface area (Å²) in [7, 11) is 0. The fraction of sp³-hybridized carbons (Fsp3) is 0.500. The van der Waals surface area contributed by atoms with Crippen LogP contribution in [0.25, 0.3) is 0 Å². The summed E-state index contributed by atoms with van der Waals surface area (Å²) in [5, 5.41) is 16.6. The van der Waals surface area contributed by atoms with Gasteiger partial charge in [-0.1, -0.05) is 30.3 Å². The lowest BCUT2D eigenvalue weighted by molar-refractivity contribution is 0.111. The maximum Gasteiger partial charge on any atom is 0.213 e. The fourth-order valence-corrected chi connectivity index (χ4v) is 1.53. The van der Waals surface area contributed by atoms with Crippen LogP contribution in [0.3, 0.4) is 0 Å². The molecule has 0 radical (unpaired) electrons. The first-order valence-electron chi connectivity index (χ1n) is 5.51. The first kappa shape index (κ1) is 11.2. The zero-order valence-electron chi connectivity index (χ0n) is 9.17. The van der Waals surface area contributed by atoms with E-state index in [2.05, 4.69) is 10.2 Å². The third-order valence-electron chi connectivity index (χ3n) is 2.61. The van der Waals surface area contributed by atoms with E-state index in [0.29, 0.717) is 13.2 Å². The molecule has 0 saturated carbocycles. The van der Waals surface area contributed by atoms with Crippen LogP contribution in [0.4, 0.5) is 0 Å². The molecule has 0 amide bonds. The molecule has 0 atom stereocenters. The Balaban J connectivity index is 1.56. The monoisotopic (exact) mass is 220 g/mol. The Bertz CT molecular complexity index is 345. The first-order valence-corrected chi connectivity index (χ1v) is 5.51. The van der Waals surface area contributed by atoms with E-state index >= 15 is 0 Å². The molecule has 86 valence electrons. The van der Waals surface area contributed by atoms with E-state index in [1.54, 1.807) is 0 Å². The highest BCUT2D eigenvalue weighted by Gasteiger charge is 2.38. The van der Waals surface area contributed by atoms with Gasteiger partial charge in [0.25, 0.3) is 0 Å². The quantitative estimate of drug-likeness (QED) is 0.716. The van der Waals surface area contributed by atoms with Crippen molar-refractivity contribution < 1.29 is 9.84 Å². The molecule has 4 heteroatoms. The van der Waals surface area contributed by atoms with Crippen LogP contribution < -0.4 is 0 Å². The Hall–Kier alpha value is -1.26. The minimum absolute atomic E-state index is 0.0195. The minimum atomic E-state index is -0.476. The molecule has 4 nitrogen and oxygen atoms in total. The highest BCUT2D eigenvalue weighted by molar-refractivity contribution is 5.13. The molecule has 1 aromatic rings. The number of benzene rings is 1. The molecule has 0 unspecified atom stereocenters. The van der Waals surface area contributed by atoms with Crippen LogP contribution in [0.15, 0.2) is 40.6 Å². The molecule has 0 fully saturated rings. The molecule has 2 rings (SSSR count). The largest absolute Gasteiger partial charge is 0.392 e. The summed E-state index contributed by atoms with van der Waals surface area (Å²) in [6, 6.07) is 10.1. The number of aliphatic hydroxyl groups excluding tert-OH is 1. The molecule has 1 heterocycles. The summed E-state index contributed by atoms with van der Waals surface area (Å²) in [4.78, 5) is 0. The van der Waals surface area contributed by atoms with Gasteiger partial charge in [0, 0.05) is 13.0 Å². The zero-order valence-corrected chi connectivity index (χ0v) is 9.17. The molecule has 0 aromatic heterocycles. The summed E-state index contributed by atoms with van der Waals surface area (Å²) in [6.45, 7) is 1.34. The average Bonchev–Trinajstić information content (AvgIpc) is 3.11. The molecular formula is C12H16N2O2. The van der Waals surface area contributed by atoms with E-state index in [0.717, 1.165) is 12.8 Å². The highest BCUT2D eigenvalue weighted by atomic mass is 16.5. The molecule has 1 aromatic carbocycles. The Morgan fingerprint density at radius 2 is 1.94 bits per heavy atom. The third-order valence-corrected chi connectivity index (χ3v) is 2.61. The second kappa shape index (κ2) is 5.18. The highest BCUT2D eigenvalue weighted by Crippen LogP contribution is 2.32. The predicted molar refractivity (Wildman–Crippen MR) is 60.0 cm³/mol. The lowest BCUT2D eigenvalue weighted by atomic mass is 10.1. The van der Waals surface area contributed by atoms with Gasteiger partial charge in [0.15, 0.2) is 0 Å². The van der Waals surface area contributed by atoms with E-state index in [4.69, 9.17) is 9.84 Å². The van der Waals surface area contributed by atoms with E-state index in [-0.39, 0.29) is 6.61 Å². The number of rotatable bonds is 7. The predicted octanol–water partition coefficient (Wildman–Crippen LogP) is 2.14. The molecular weight excluding hydrogens is 204 g/mol. The van der Waals surface area contributed by atoms with Crippen molar-refractivity contribution >= 4 is 0 Å². The third kappa shape index (κ3) is 3.12. The number of hydrogen-bond donors (Lipinski definition) is 1. The normalized spacial score (nSPS) is 16.3. The summed E-state index contributed by atoms with van der Waals surface area (Å²) < 4.78 is 5.52. The van der Waals surface area contributed by atoms with Gasteiger partial charge in [-0.25, -0.2) is 0 Å². The number of nitrogens with zero attached hydrogens (tertiary/aromatic N) is 2. The van der Waals surface area contributed by atoms with Gasteiger partial charge in [-0.15, -0.1) is 0 Å². The lowest BCUT2D eigenvalue weighted by Gasteiger charge is -2.07. The Kier molecular flexibility index (Phi) is 3.64. The first-order chi connectivity index (χ1) is 7.85. The van der Waals surface area contributed by atoms with Gasteiger partial charge >= 0.3 is 0 Å². The Morgan fingerprint density at radius 1 is 1.19 bits per heavy atom. The minimum Gasteiger partial charge on any atom is -0.392 e. The van der Waals surface area contributed by atoms with Crippen LogP contribution in [0.5, 0.6) is 0 Å². The fourth-order valence-electron chi connectivity index (χ4n) is 1.53. The number of aliphatic hydroxyl groups is 1. The van der Waals surface area contributed by atoms with Crippen molar-refractivity contribution in [3.05, 3.63) is 35.9 Å². The van der Waals surface area contributed by atoms with Gasteiger partial charge in [-0.3, -0.25) is 0 Å². The summed E-state index contributed by atoms with van der Waals surface area (Å²) in [5.74, 6) is 0. The number of hydrogen-bond acceptors (Lipinski definition) is 4. The summed E-state index contributed by atoms with van der Waals surface area (Å²) in [6.07, 6.45) is 1.65. The van der Waals surface area contributed by atoms with Crippen LogP contribution in [-0.2, 0) is 11.3 Å². The zero-order chi connectivity index (χ0) is 11.3. The van der Waals surface area contributed by atoms with Gasteiger partial charge in [0.05, 0.1) is 13.2 Å². The molecule has 0 saturated heterocycles. The van der Waals surface area contributed by atoms with Crippen molar-refractivity contribution in [1.82, 2.24) is 0 Å². The average molecular weight is 220 g/mol. The standard InChI is InChI=1S/C12H16N2O2/c15-10-12(13-14-12)7-4-8-16-9-11-5-2-1-3-6-11/h1-3,5-6,15H,4,7-10H2. The molecule has 1 N–H and O–H groups in total. The van der Waals surface area contributed by atoms with E-state index in [1.807, 2.05) is 30.3 Å². The summed E-state index contributed by atoms with van der Waals surface area (Å²) in [5.41, 5.74) is 0.705. The van der Waals surface area contributed by atoms with E-state index in [1.165, 1.54) is 5.56 Å². The smallest absolute Gasteiger partial charge is 0.213 e. The van der Waals surface area contributed by atoms with Gasteiger partial charge < -0.3 is 9.84 Å². The SMILES string of the molecule is OCC1(CCCOCc2ccccc2)N=N1. The molecule has 0 aliphatic carbocycles. The van der Waals surface area contributed by atoms with Crippen LogP contribution in [-0.4, -0.2) is 24.0 Å². The molecule has 0 bridgehead atoms. The van der Waals surface area contributed by atoms with Crippen molar-refractivity contribution in [3.8, 4) is 0 Å². The van der Waals surface area contributed by atoms with Crippen molar-refractivity contribution in [2.24, 2.45) is 10.2 Å². The number of ether oxygens (including phenoxy) is 1. The Morgan fingerprint density at radius 3 is 2.56 bits per heavy atom. The maximum absolute atomic E-state index is 8.96. The molecule has 16 heavy (non-hydrogen) atoms. The van der Waals surface area contributed by atoms with Crippen molar-refractivity contribution in [2.75, 3.05) is 13.2 Å². The van der Waals surface area contributed by atoms with Crippen molar-refractivity contribution in [2.45, 2.75) is 25.1 Å². The second-order valence-corrected chi connectivity index (χ2v) is 3.98. The van der Waals surface area contributed by atoms with Gasteiger partial charge in [0.2, 0.25) is 5.66 Å². The van der Waals surface area contributed by atoms with E-state index in [9.17, 15) is 0 Å². The van der Waals surface area contributed by atoms with Gasteiger partial charge in [-0.05, 0) is 12.0 Å². The van der Waals surface area contributed by atoms with E-state index < -0.39 is 5.66 Å². The maximum atomic E-state index is 8.96. The molecule has 0 spiro atoms. The van der Waals surface area contributed by atoms with Crippen LogP contribution in [0.2, 0.25) is 0 Å². The van der Waals surface area contributed by atoms with Crippen LogP contribution in [0, 0.1) is 0 Å². The second-order valence-electron chi connectivity index (χ2n) is 3.98. The van der Waals surface area contributed by atoms with Crippen molar-refractivity contribution in [1.29, 1.82) is 0 Å². The summed E-state index contributed by atoms with van der Waals surface area (Å²) >= 11 is 0. The van der Waals surface area contributed by atoms with Crippen LogP contribution >= 0.6 is 0 Å². The topological polar surface area (TPSA) is 54.2 Å².